The fourth-order valence-electron chi connectivity index (χ4n) is 2.04. The number of benzene rings is 1. The first-order chi connectivity index (χ1) is 9.24. The van der Waals surface area contributed by atoms with Crippen LogP contribution >= 0.6 is 0 Å². The normalized spacial score (nSPS) is 16.4. The maximum Gasteiger partial charge on any atom is 0.231 e. The van der Waals surface area contributed by atoms with Crippen molar-refractivity contribution in [2.45, 2.75) is 25.5 Å². The topological polar surface area (TPSA) is 60.0 Å². The molecule has 5 nitrogen and oxygen atoms in total. The van der Waals surface area contributed by atoms with Crippen LogP contribution in [0.1, 0.15) is 25.0 Å². The standard InChI is InChI=1S/C14H21NO4/c1-3-11(8-17-2)15-7-12(16)10-4-5-13-14(6-10)19-9-18-13/h4-6,11-12,15-16H,3,7-9H2,1-2H3. The average molecular weight is 267 g/mol. The molecule has 0 fully saturated rings. The molecule has 1 aromatic rings. The Morgan fingerprint density at radius 3 is 2.89 bits per heavy atom. The highest BCUT2D eigenvalue weighted by Gasteiger charge is 2.17. The highest BCUT2D eigenvalue weighted by Crippen LogP contribution is 2.34. The number of ether oxygens (including phenoxy) is 3. The van der Waals surface area contributed by atoms with E-state index in [1.807, 2.05) is 18.2 Å². The molecule has 19 heavy (non-hydrogen) atoms. The summed E-state index contributed by atoms with van der Waals surface area (Å²) >= 11 is 0. The van der Waals surface area contributed by atoms with Gasteiger partial charge in [-0.25, -0.2) is 0 Å². The molecule has 1 aromatic carbocycles. The van der Waals surface area contributed by atoms with Crippen LogP contribution in [0.2, 0.25) is 0 Å². The molecule has 0 saturated carbocycles. The van der Waals surface area contributed by atoms with E-state index in [4.69, 9.17) is 14.2 Å². The lowest BCUT2D eigenvalue weighted by atomic mass is 10.1. The zero-order valence-electron chi connectivity index (χ0n) is 11.4. The lowest BCUT2D eigenvalue weighted by Gasteiger charge is -2.19. The molecule has 0 radical (unpaired) electrons. The minimum absolute atomic E-state index is 0.249. The molecule has 2 rings (SSSR count). The fourth-order valence-corrected chi connectivity index (χ4v) is 2.04. The number of rotatable bonds is 7. The van der Waals surface area contributed by atoms with E-state index < -0.39 is 6.10 Å². The predicted molar refractivity (Wildman–Crippen MR) is 71.5 cm³/mol. The molecule has 1 aliphatic heterocycles. The summed E-state index contributed by atoms with van der Waals surface area (Å²) in [6, 6.07) is 5.77. The van der Waals surface area contributed by atoms with Crippen LogP contribution in [0, 0.1) is 0 Å². The van der Waals surface area contributed by atoms with Crippen molar-refractivity contribution in [1.29, 1.82) is 0 Å². The first-order valence-electron chi connectivity index (χ1n) is 6.54. The molecule has 2 atom stereocenters. The van der Waals surface area contributed by atoms with E-state index in [2.05, 4.69) is 12.2 Å². The maximum atomic E-state index is 10.2. The minimum Gasteiger partial charge on any atom is -0.454 e. The lowest BCUT2D eigenvalue weighted by Crippen LogP contribution is -2.35. The van der Waals surface area contributed by atoms with E-state index in [1.165, 1.54) is 0 Å². The molecule has 1 aliphatic rings. The molecule has 0 spiro atoms. The van der Waals surface area contributed by atoms with Crippen molar-refractivity contribution in [2.24, 2.45) is 0 Å². The van der Waals surface area contributed by atoms with Gasteiger partial charge in [0.25, 0.3) is 0 Å². The van der Waals surface area contributed by atoms with Crippen molar-refractivity contribution in [3.63, 3.8) is 0 Å². The maximum absolute atomic E-state index is 10.2. The Kier molecular flexibility index (Phi) is 5.01. The van der Waals surface area contributed by atoms with Gasteiger partial charge in [0.1, 0.15) is 0 Å². The highest BCUT2D eigenvalue weighted by molar-refractivity contribution is 5.45. The number of hydrogen-bond donors (Lipinski definition) is 2. The van der Waals surface area contributed by atoms with E-state index in [9.17, 15) is 5.11 Å². The van der Waals surface area contributed by atoms with Crippen molar-refractivity contribution in [3.05, 3.63) is 23.8 Å². The monoisotopic (exact) mass is 267 g/mol. The van der Waals surface area contributed by atoms with Crippen LogP contribution in [0.5, 0.6) is 11.5 Å². The molecule has 0 aliphatic carbocycles. The average Bonchev–Trinajstić information content (AvgIpc) is 2.90. The van der Waals surface area contributed by atoms with Crippen molar-refractivity contribution >= 4 is 0 Å². The van der Waals surface area contributed by atoms with Gasteiger partial charge < -0.3 is 24.6 Å². The van der Waals surface area contributed by atoms with E-state index >= 15 is 0 Å². The number of aliphatic hydroxyl groups excluding tert-OH is 1. The summed E-state index contributed by atoms with van der Waals surface area (Å²) in [5, 5.41) is 13.5. The summed E-state index contributed by atoms with van der Waals surface area (Å²) in [6.45, 7) is 3.47. The van der Waals surface area contributed by atoms with Gasteiger partial charge in [0.15, 0.2) is 11.5 Å². The van der Waals surface area contributed by atoms with E-state index in [0.717, 1.165) is 17.7 Å². The largest absolute Gasteiger partial charge is 0.454 e. The van der Waals surface area contributed by atoms with E-state index in [0.29, 0.717) is 18.9 Å². The van der Waals surface area contributed by atoms with Crippen LogP contribution in [-0.2, 0) is 4.74 Å². The van der Waals surface area contributed by atoms with Crippen molar-refractivity contribution in [3.8, 4) is 11.5 Å². The second kappa shape index (κ2) is 6.75. The Hall–Kier alpha value is -1.30. The fraction of sp³-hybridized carbons (Fsp3) is 0.571. The van der Waals surface area contributed by atoms with Gasteiger partial charge in [0.2, 0.25) is 6.79 Å². The number of methoxy groups -OCH3 is 1. The van der Waals surface area contributed by atoms with Crippen LogP contribution in [0.25, 0.3) is 0 Å². The summed E-state index contributed by atoms with van der Waals surface area (Å²) in [6.07, 6.45) is 0.391. The molecular formula is C14H21NO4. The molecule has 2 N–H and O–H groups in total. The second-order valence-electron chi connectivity index (χ2n) is 4.60. The number of aliphatic hydroxyl groups is 1. The molecule has 2 unspecified atom stereocenters. The van der Waals surface area contributed by atoms with Gasteiger partial charge >= 0.3 is 0 Å². The van der Waals surface area contributed by atoms with Crippen molar-refractivity contribution < 1.29 is 19.3 Å². The molecule has 5 heteroatoms. The summed E-state index contributed by atoms with van der Waals surface area (Å²) in [4.78, 5) is 0. The van der Waals surface area contributed by atoms with Gasteiger partial charge in [0.05, 0.1) is 12.7 Å². The highest BCUT2D eigenvalue weighted by atomic mass is 16.7. The summed E-state index contributed by atoms with van der Waals surface area (Å²) < 4.78 is 15.7. The molecule has 1 heterocycles. The zero-order valence-corrected chi connectivity index (χ0v) is 11.4. The molecule has 0 bridgehead atoms. The van der Waals surface area contributed by atoms with Crippen LogP contribution in [0.3, 0.4) is 0 Å². The minimum atomic E-state index is -0.569. The molecular weight excluding hydrogens is 246 g/mol. The van der Waals surface area contributed by atoms with Gasteiger partial charge in [-0.1, -0.05) is 13.0 Å². The number of fused-ring (bicyclic) bond motifs is 1. The Balaban J connectivity index is 1.90. The van der Waals surface area contributed by atoms with Crippen molar-refractivity contribution in [2.75, 3.05) is 27.1 Å². The smallest absolute Gasteiger partial charge is 0.231 e. The third-order valence-electron chi connectivity index (χ3n) is 3.24. The van der Waals surface area contributed by atoms with Gasteiger partial charge in [-0.2, -0.15) is 0 Å². The molecule has 0 aromatic heterocycles. The van der Waals surface area contributed by atoms with Gasteiger partial charge in [-0.15, -0.1) is 0 Å². The lowest BCUT2D eigenvalue weighted by molar-refractivity contribution is 0.137. The van der Waals surface area contributed by atoms with Gasteiger partial charge in [0, 0.05) is 19.7 Å². The molecule has 106 valence electrons. The van der Waals surface area contributed by atoms with Crippen molar-refractivity contribution in [1.82, 2.24) is 5.32 Å². The molecule has 0 saturated heterocycles. The molecule has 0 amide bonds. The second-order valence-corrected chi connectivity index (χ2v) is 4.60. The van der Waals surface area contributed by atoms with E-state index in [1.54, 1.807) is 7.11 Å². The van der Waals surface area contributed by atoms with Crippen LogP contribution in [0.4, 0.5) is 0 Å². The van der Waals surface area contributed by atoms with Crippen LogP contribution < -0.4 is 14.8 Å². The number of hydrogen-bond acceptors (Lipinski definition) is 5. The zero-order chi connectivity index (χ0) is 13.7. The first-order valence-corrected chi connectivity index (χ1v) is 6.54. The summed E-state index contributed by atoms with van der Waals surface area (Å²) in [5.41, 5.74) is 0.823. The van der Waals surface area contributed by atoms with Crippen LogP contribution in [0.15, 0.2) is 18.2 Å². The quantitative estimate of drug-likeness (QED) is 0.783. The SMILES string of the molecule is CCC(COC)NCC(O)c1ccc2c(c1)OCO2. The Morgan fingerprint density at radius 1 is 1.37 bits per heavy atom. The first kappa shape index (κ1) is 14.1. The summed E-state index contributed by atoms with van der Waals surface area (Å²) in [5.74, 6) is 1.43. The third kappa shape index (κ3) is 3.59. The Labute approximate surface area is 113 Å². The predicted octanol–water partition coefficient (Wildman–Crippen LogP) is 1.46. The third-order valence-corrected chi connectivity index (χ3v) is 3.24. The van der Waals surface area contributed by atoms with Gasteiger partial charge in [-0.3, -0.25) is 0 Å². The Morgan fingerprint density at radius 2 is 2.16 bits per heavy atom. The van der Waals surface area contributed by atoms with Gasteiger partial charge in [-0.05, 0) is 24.1 Å². The van der Waals surface area contributed by atoms with E-state index in [-0.39, 0.29) is 12.8 Å². The van der Waals surface area contributed by atoms with Crippen LogP contribution in [-0.4, -0.2) is 38.2 Å². The summed E-state index contributed by atoms with van der Waals surface area (Å²) in [7, 11) is 1.68. The Bertz CT molecular complexity index is 410. The number of nitrogens with one attached hydrogen (secondary N) is 1.